The summed E-state index contributed by atoms with van der Waals surface area (Å²) in [5.41, 5.74) is 1.45. The molecule has 0 fully saturated rings. The highest BCUT2D eigenvalue weighted by Gasteiger charge is 2.15. The van der Waals surface area contributed by atoms with E-state index in [9.17, 15) is 0 Å². The topological polar surface area (TPSA) is 61.5 Å². The summed E-state index contributed by atoms with van der Waals surface area (Å²) >= 11 is 4.48. The lowest BCUT2D eigenvalue weighted by Crippen LogP contribution is -2.09. The van der Waals surface area contributed by atoms with Gasteiger partial charge in [-0.1, -0.05) is 13.3 Å². The summed E-state index contributed by atoms with van der Waals surface area (Å²) < 4.78 is 13.1. The van der Waals surface area contributed by atoms with Gasteiger partial charge in [0.15, 0.2) is 0 Å². The molecular formula is C16H18N4O2S. The average Bonchev–Trinajstić information content (AvgIpc) is 2.98. The minimum atomic E-state index is -0.178. The third-order valence-corrected chi connectivity index (χ3v) is 3.78. The molecule has 0 aliphatic carbocycles. The first-order chi connectivity index (χ1) is 11.2. The van der Waals surface area contributed by atoms with E-state index < -0.39 is 0 Å². The van der Waals surface area contributed by atoms with E-state index >= 15 is 0 Å². The molecule has 3 aromatic rings. The maximum Gasteiger partial charge on any atom is 0.254 e. The summed E-state index contributed by atoms with van der Waals surface area (Å²) in [4.78, 5) is 4.50. The number of fused-ring (bicyclic) bond motifs is 1. The molecule has 1 unspecified atom stereocenters. The zero-order valence-electron chi connectivity index (χ0n) is 13.0. The molecule has 0 amide bonds. The summed E-state index contributed by atoms with van der Waals surface area (Å²) in [7, 11) is 1.63. The van der Waals surface area contributed by atoms with Gasteiger partial charge in [-0.25, -0.2) is 4.98 Å². The van der Waals surface area contributed by atoms with Gasteiger partial charge >= 0.3 is 0 Å². The van der Waals surface area contributed by atoms with Gasteiger partial charge in [0, 0.05) is 24.0 Å². The van der Waals surface area contributed by atoms with Crippen LogP contribution in [0.5, 0.6) is 11.5 Å². The van der Waals surface area contributed by atoms with E-state index in [1.807, 2.05) is 28.8 Å². The van der Waals surface area contributed by atoms with Crippen molar-refractivity contribution in [2.75, 3.05) is 7.11 Å². The van der Waals surface area contributed by atoms with Crippen LogP contribution in [0.4, 0.5) is 0 Å². The van der Waals surface area contributed by atoms with E-state index in [-0.39, 0.29) is 5.44 Å². The van der Waals surface area contributed by atoms with Crippen molar-refractivity contribution >= 4 is 18.4 Å². The number of rotatable bonds is 6. The summed E-state index contributed by atoms with van der Waals surface area (Å²) in [6, 6.07) is 5.66. The summed E-state index contributed by atoms with van der Waals surface area (Å²) in [6.07, 6.45) is 7.18. The van der Waals surface area contributed by atoms with Crippen molar-refractivity contribution in [3.05, 3.63) is 36.8 Å². The molecule has 6 nitrogen and oxygen atoms in total. The molecule has 0 aliphatic rings. The molecule has 7 heteroatoms. The minimum absolute atomic E-state index is 0.178. The lowest BCUT2D eigenvalue weighted by atomic mass is 10.1. The third-order valence-electron chi connectivity index (χ3n) is 3.42. The smallest absolute Gasteiger partial charge is 0.254 e. The number of methoxy groups -OCH3 is 1. The van der Waals surface area contributed by atoms with E-state index in [1.165, 1.54) is 0 Å². The van der Waals surface area contributed by atoms with Crippen molar-refractivity contribution in [3.8, 4) is 22.8 Å². The number of hydrogen-bond donors (Lipinski definition) is 1. The molecule has 1 atom stereocenters. The van der Waals surface area contributed by atoms with Crippen LogP contribution in [0.25, 0.3) is 17.0 Å². The number of imidazole rings is 1. The van der Waals surface area contributed by atoms with Crippen molar-refractivity contribution < 1.29 is 9.47 Å². The van der Waals surface area contributed by atoms with E-state index in [1.54, 1.807) is 19.5 Å². The van der Waals surface area contributed by atoms with Crippen molar-refractivity contribution in [2.24, 2.45) is 0 Å². The monoisotopic (exact) mass is 330 g/mol. The fourth-order valence-corrected chi connectivity index (χ4v) is 2.65. The SMILES string of the molecule is CCCC(S)Oc1cc(OC)ccc1-c1cn2ccnnc2n1. The largest absolute Gasteiger partial charge is 0.497 e. The first-order valence-corrected chi connectivity index (χ1v) is 7.92. The molecule has 0 spiro atoms. The van der Waals surface area contributed by atoms with Crippen LogP contribution >= 0.6 is 12.6 Å². The number of benzene rings is 1. The van der Waals surface area contributed by atoms with E-state index in [2.05, 4.69) is 34.7 Å². The molecular weight excluding hydrogens is 312 g/mol. The van der Waals surface area contributed by atoms with Crippen molar-refractivity contribution in [2.45, 2.75) is 25.2 Å². The number of ether oxygens (including phenoxy) is 2. The lowest BCUT2D eigenvalue weighted by molar-refractivity contribution is 0.277. The molecule has 120 valence electrons. The van der Waals surface area contributed by atoms with Crippen molar-refractivity contribution in [3.63, 3.8) is 0 Å². The normalized spacial score (nSPS) is 12.3. The zero-order valence-corrected chi connectivity index (χ0v) is 13.9. The Morgan fingerprint density at radius 1 is 1.35 bits per heavy atom. The van der Waals surface area contributed by atoms with Gasteiger partial charge in [-0.3, -0.25) is 4.40 Å². The molecule has 0 bridgehead atoms. The molecule has 0 saturated carbocycles. The first-order valence-electron chi connectivity index (χ1n) is 7.40. The Kier molecular flexibility index (Phi) is 4.66. The second-order valence-corrected chi connectivity index (χ2v) is 5.65. The van der Waals surface area contributed by atoms with Crippen LogP contribution in [-0.2, 0) is 0 Å². The maximum absolute atomic E-state index is 5.98. The quantitative estimate of drug-likeness (QED) is 0.555. The van der Waals surface area contributed by atoms with Gasteiger partial charge in [-0.15, -0.1) is 17.7 Å². The van der Waals surface area contributed by atoms with Gasteiger partial charge in [0.2, 0.25) is 0 Å². The molecule has 0 saturated heterocycles. The highest BCUT2D eigenvalue weighted by molar-refractivity contribution is 7.80. The second kappa shape index (κ2) is 6.87. The average molecular weight is 330 g/mol. The van der Waals surface area contributed by atoms with Gasteiger partial charge in [0.1, 0.15) is 16.9 Å². The number of nitrogens with zero attached hydrogens (tertiary/aromatic N) is 4. The van der Waals surface area contributed by atoms with Crippen LogP contribution in [0.15, 0.2) is 36.8 Å². The third kappa shape index (κ3) is 3.39. The molecule has 1 aromatic carbocycles. The number of aromatic nitrogens is 4. The Morgan fingerprint density at radius 2 is 2.22 bits per heavy atom. The predicted octanol–water partition coefficient (Wildman–Crippen LogP) is 3.23. The Labute approximate surface area is 139 Å². The first kappa shape index (κ1) is 15.6. The molecule has 2 aromatic heterocycles. The zero-order chi connectivity index (χ0) is 16.2. The van der Waals surface area contributed by atoms with Gasteiger partial charge < -0.3 is 9.47 Å². The summed E-state index contributed by atoms with van der Waals surface area (Å²) in [6.45, 7) is 2.10. The van der Waals surface area contributed by atoms with Gasteiger partial charge in [0.25, 0.3) is 5.78 Å². The van der Waals surface area contributed by atoms with Crippen LogP contribution in [0.3, 0.4) is 0 Å². The predicted molar refractivity (Wildman–Crippen MR) is 91.1 cm³/mol. The highest BCUT2D eigenvalue weighted by atomic mass is 32.1. The van der Waals surface area contributed by atoms with Crippen LogP contribution in [0.1, 0.15) is 19.8 Å². The molecule has 0 N–H and O–H groups in total. The van der Waals surface area contributed by atoms with Crippen molar-refractivity contribution in [1.82, 2.24) is 19.6 Å². The standard InChI is InChI=1S/C16H18N4O2S/c1-3-4-15(23)22-14-9-11(21-2)5-6-12(14)13-10-20-8-7-17-19-16(20)18-13/h5-10,15,23H,3-4H2,1-2H3. The van der Waals surface area contributed by atoms with Crippen LogP contribution in [0, 0.1) is 0 Å². The summed E-state index contributed by atoms with van der Waals surface area (Å²) in [5.74, 6) is 1.96. The van der Waals surface area contributed by atoms with E-state index in [0.29, 0.717) is 11.5 Å². The summed E-state index contributed by atoms with van der Waals surface area (Å²) in [5, 5.41) is 7.85. The second-order valence-electron chi connectivity index (χ2n) is 5.07. The molecule has 23 heavy (non-hydrogen) atoms. The fourth-order valence-electron chi connectivity index (χ4n) is 2.28. The Bertz CT molecular complexity index is 773. The van der Waals surface area contributed by atoms with Gasteiger partial charge in [0.05, 0.1) is 19.0 Å². The van der Waals surface area contributed by atoms with E-state index in [0.717, 1.165) is 29.8 Å². The number of hydrogen-bond acceptors (Lipinski definition) is 6. The molecule has 0 radical (unpaired) electrons. The van der Waals surface area contributed by atoms with Gasteiger partial charge in [-0.2, -0.15) is 5.10 Å². The van der Waals surface area contributed by atoms with Crippen molar-refractivity contribution in [1.29, 1.82) is 0 Å². The molecule has 3 rings (SSSR count). The lowest BCUT2D eigenvalue weighted by Gasteiger charge is -2.16. The van der Waals surface area contributed by atoms with Gasteiger partial charge in [-0.05, 0) is 18.6 Å². The Hall–Kier alpha value is -2.28. The van der Waals surface area contributed by atoms with Crippen LogP contribution in [-0.4, -0.2) is 32.1 Å². The minimum Gasteiger partial charge on any atom is -0.497 e. The molecule has 0 aliphatic heterocycles. The van der Waals surface area contributed by atoms with E-state index in [4.69, 9.17) is 9.47 Å². The Morgan fingerprint density at radius 3 is 2.96 bits per heavy atom. The highest BCUT2D eigenvalue weighted by Crippen LogP contribution is 2.34. The van der Waals surface area contributed by atoms with Crippen LogP contribution in [0.2, 0.25) is 0 Å². The maximum atomic E-state index is 5.98. The number of thiol groups is 1. The molecule has 2 heterocycles. The fraction of sp³-hybridized carbons (Fsp3) is 0.312. The van der Waals surface area contributed by atoms with Crippen LogP contribution < -0.4 is 9.47 Å². The Balaban J connectivity index is 2.02.